The second-order valence-corrected chi connectivity index (χ2v) is 5.35. The molecule has 0 radical (unpaired) electrons. The highest BCUT2D eigenvalue weighted by Crippen LogP contribution is 2.24. The van der Waals surface area contributed by atoms with E-state index in [1.807, 2.05) is 13.8 Å². The summed E-state index contributed by atoms with van der Waals surface area (Å²) in [5, 5.41) is 2.77. The summed E-state index contributed by atoms with van der Waals surface area (Å²) in [5.74, 6) is 0.190. The molecule has 22 heavy (non-hydrogen) atoms. The molecule has 1 N–H and O–H groups in total. The minimum atomic E-state index is -0.373. The smallest absolute Gasteiger partial charge is 0.255 e. The fourth-order valence-corrected chi connectivity index (χ4v) is 2.07. The second-order valence-electron chi connectivity index (χ2n) is 5.35. The number of carbonyl (C=O) groups excluding carboxylic acids is 1. The first kappa shape index (κ1) is 14.3. The number of halogens is 1. The molecule has 0 aliphatic heterocycles. The number of oxazole rings is 1. The van der Waals surface area contributed by atoms with Gasteiger partial charge < -0.3 is 9.73 Å². The molecule has 4 nitrogen and oxygen atoms in total. The molecule has 3 rings (SSSR count). The molecule has 0 aliphatic carbocycles. The summed E-state index contributed by atoms with van der Waals surface area (Å²) in [7, 11) is 0. The van der Waals surface area contributed by atoms with Gasteiger partial charge in [0.25, 0.3) is 5.91 Å². The standard InChI is InChI=1S/C17H15FN2O2/c1-10(2)17-20-14-9-13(7-8-15(14)22-17)19-16(21)11-3-5-12(18)6-4-11/h3-10H,1-2H3,(H,19,21). The van der Waals surface area contributed by atoms with E-state index >= 15 is 0 Å². The van der Waals surface area contributed by atoms with Crippen molar-refractivity contribution in [1.29, 1.82) is 0 Å². The number of fused-ring (bicyclic) bond motifs is 1. The molecule has 0 saturated carbocycles. The predicted molar refractivity (Wildman–Crippen MR) is 82.5 cm³/mol. The zero-order chi connectivity index (χ0) is 15.7. The molecular weight excluding hydrogens is 283 g/mol. The topological polar surface area (TPSA) is 55.1 Å². The largest absolute Gasteiger partial charge is 0.440 e. The molecule has 0 unspecified atom stereocenters. The summed E-state index contributed by atoms with van der Waals surface area (Å²) in [6.45, 7) is 4.00. The van der Waals surface area contributed by atoms with Crippen molar-refractivity contribution in [3.8, 4) is 0 Å². The van der Waals surface area contributed by atoms with Crippen molar-refractivity contribution in [1.82, 2.24) is 4.98 Å². The fraction of sp³-hybridized carbons (Fsp3) is 0.176. The Morgan fingerprint density at radius 3 is 2.59 bits per heavy atom. The quantitative estimate of drug-likeness (QED) is 0.782. The normalized spacial score (nSPS) is 11.1. The number of anilines is 1. The third kappa shape index (κ3) is 2.83. The van der Waals surface area contributed by atoms with Crippen LogP contribution in [-0.2, 0) is 0 Å². The van der Waals surface area contributed by atoms with Crippen LogP contribution in [0.15, 0.2) is 46.9 Å². The third-order valence-corrected chi connectivity index (χ3v) is 3.26. The number of benzene rings is 2. The molecule has 112 valence electrons. The molecule has 1 aromatic heterocycles. The fourth-order valence-electron chi connectivity index (χ4n) is 2.07. The van der Waals surface area contributed by atoms with Crippen LogP contribution in [0.25, 0.3) is 11.1 Å². The second kappa shape index (κ2) is 5.60. The van der Waals surface area contributed by atoms with Gasteiger partial charge in [-0.25, -0.2) is 9.37 Å². The van der Waals surface area contributed by atoms with Crippen molar-refractivity contribution in [3.05, 3.63) is 59.7 Å². The number of amides is 1. The first-order chi connectivity index (χ1) is 10.5. The van der Waals surface area contributed by atoms with Gasteiger partial charge in [0.1, 0.15) is 11.3 Å². The van der Waals surface area contributed by atoms with E-state index in [1.54, 1.807) is 18.2 Å². The SMILES string of the molecule is CC(C)c1nc2cc(NC(=O)c3ccc(F)cc3)ccc2o1. The number of rotatable bonds is 3. The van der Waals surface area contributed by atoms with E-state index in [9.17, 15) is 9.18 Å². The van der Waals surface area contributed by atoms with E-state index in [1.165, 1.54) is 24.3 Å². The maximum absolute atomic E-state index is 12.9. The summed E-state index contributed by atoms with van der Waals surface area (Å²) in [6, 6.07) is 10.7. The van der Waals surface area contributed by atoms with E-state index in [0.29, 0.717) is 28.2 Å². The van der Waals surface area contributed by atoms with Crippen molar-refractivity contribution in [2.24, 2.45) is 0 Å². The predicted octanol–water partition coefficient (Wildman–Crippen LogP) is 4.34. The van der Waals surface area contributed by atoms with Gasteiger partial charge in [-0.05, 0) is 42.5 Å². The lowest BCUT2D eigenvalue weighted by atomic mass is 10.2. The zero-order valence-electron chi connectivity index (χ0n) is 12.3. The van der Waals surface area contributed by atoms with Crippen LogP contribution in [0.1, 0.15) is 36.0 Å². The number of nitrogens with one attached hydrogen (secondary N) is 1. The van der Waals surface area contributed by atoms with Gasteiger partial charge in [0.2, 0.25) is 0 Å². The Hall–Kier alpha value is -2.69. The third-order valence-electron chi connectivity index (χ3n) is 3.26. The highest BCUT2D eigenvalue weighted by atomic mass is 19.1. The molecule has 1 amide bonds. The maximum atomic E-state index is 12.9. The van der Waals surface area contributed by atoms with Gasteiger partial charge in [0.05, 0.1) is 0 Å². The van der Waals surface area contributed by atoms with E-state index in [2.05, 4.69) is 10.3 Å². The van der Waals surface area contributed by atoms with Crippen LogP contribution in [0.5, 0.6) is 0 Å². The highest BCUT2D eigenvalue weighted by molar-refractivity contribution is 6.04. The zero-order valence-corrected chi connectivity index (χ0v) is 12.3. The maximum Gasteiger partial charge on any atom is 0.255 e. The molecule has 0 saturated heterocycles. The van der Waals surface area contributed by atoms with Crippen molar-refractivity contribution in [2.75, 3.05) is 5.32 Å². The van der Waals surface area contributed by atoms with Gasteiger partial charge in [0, 0.05) is 17.2 Å². The molecule has 0 bridgehead atoms. The van der Waals surface area contributed by atoms with Gasteiger partial charge in [0.15, 0.2) is 11.5 Å². The van der Waals surface area contributed by atoms with Crippen molar-refractivity contribution in [2.45, 2.75) is 19.8 Å². The van der Waals surface area contributed by atoms with Crippen molar-refractivity contribution in [3.63, 3.8) is 0 Å². The van der Waals surface area contributed by atoms with Gasteiger partial charge in [-0.1, -0.05) is 13.8 Å². The van der Waals surface area contributed by atoms with Crippen LogP contribution in [-0.4, -0.2) is 10.9 Å². The Kier molecular flexibility index (Phi) is 3.63. The Labute approximate surface area is 127 Å². The van der Waals surface area contributed by atoms with Crippen LogP contribution in [0.3, 0.4) is 0 Å². The Morgan fingerprint density at radius 2 is 1.91 bits per heavy atom. The monoisotopic (exact) mass is 298 g/mol. The van der Waals surface area contributed by atoms with Gasteiger partial charge in [-0.3, -0.25) is 4.79 Å². The highest BCUT2D eigenvalue weighted by Gasteiger charge is 2.11. The number of carbonyl (C=O) groups is 1. The van der Waals surface area contributed by atoms with Crippen LogP contribution >= 0.6 is 0 Å². The molecule has 5 heteroatoms. The van der Waals surface area contributed by atoms with E-state index in [-0.39, 0.29) is 17.6 Å². The van der Waals surface area contributed by atoms with E-state index < -0.39 is 0 Å². The van der Waals surface area contributed by atoms with Gasteiger partial charge in [-0.2, -0.15) is 0 Å². The van der Waals surface area contributed by atoms with Crippen LogP contribution in [0.2, 0.25) is 0 Å². The molecule has 0 spiro atoms. The molecule has 0 aliphatic rings. The minimum Gasteiger partial charge on any atom is -0.440 e. The summed E-state index contributed by atoms with van der Waals surface area (Å²) in [6.07, 6.45) is 0. The summed E-state index contributed by atoms with van der Waals surface area (Å²) < 4.78 is 18.5. The summed E-state index contributed by atoms with van der Waals surface area (Å²) >= 11 is 0. The number of hydrogen-bond acceptors (Lipinski definition) is 3. The Morgan fingerprint density at radius 1 is 1.18 bits per heavy atom. The Balaban J connectivity index is 1.84. The first-order valence-electron chi connectivity index (χ1n) is 7.00. The average Bonchev–Trinajstić information content (AvgIpc) is 2.91. The first-order valence-corrected chi connectivity index (χ1v) is 7.00. The Bertz CT molecular complexity index is 822. The lowest BCUT2D eigenvalue weighted by Gasteiger charge is -2.04. The molecule has 2 aromatic carbocycles. The molecule has 1 heterocycles. The summed E-state index contributed by atoms with van der Waals surface area (Å²) in [4.78, 5) is 16.5. The van der Waals surface area contributed by atoms with E-state index in [4.69, 9.17) is 4.42 Å². The molecule has 3 aromatic rings. The number of hydrogen-bond donors (Lipinski definition) is 1. The number of nitrogens with zero attached hydrogens (tertiary/aromatic N) is 1. The lowest BCUT2D eigenvalue weighted by molar-refractivity contribution is 0.102. The lowest BCUT2D eigenvalue weighted by Crippen LogP contribution is -2.11. The van der Waals surface area contributed by atoms with Gasteiger partial charge >= 0.3 is 0 Å². The van der Waals surface area contributed by atoms with Crippen LogP contribution < -0.4 is 5.32 Å². The average molecular weight is 298 g/mol. The van der Waals surface area contributed by atoms with Crippen molar-refractivity contribution >= 4 is 22.7 Å². The number of aromatic nitrogens is 1. The minimum absolute atomic E-state index is 0.199. The van der Waals surface area contributed by atoms with Crippen molar-refractivity contribution < 1.29 is 13.6 Å². The van der Waals surface area contributed by atoms with Crippen LogP contribution in [0, 0.1) is 5.82 Å². The molecule has 0 atom stereocenters. The molecular formula is C17H15FN2O2. The van der Waals surface area contributed by atoms with E-state index in [0.717, 1.165) is 0 Å². The van der Waals surface area contributed by atoms with Crippen LogP contribution in [0.4, 0.5) is 10.1 Å². The van der Waals surface area contributed by atoms with Gasteiger partial charge in [-0.15, -0.1) is 0 Å². The summed E-state index contributed by atoms with van der Waals surface area (Å²) in [5.41, 5.74) is 2.39. The molecule has 0 fully saturated rings.